The molecule has 0 amide bonds. The van der Waals surface area contributed by atoms with Crippen LogP contribution in [0, 0.1) is 0 Å². The summed E-state index contributed by atoms with van der Waals surface area (Å²) in [6.07, 6.45) is 6.21. The van der Waals surface area contributed by atoms with E-state index in [9.17, 15) is 0 Å². The average Bonchev–Trinajstić information content (AvgIpc) is 2.81. The zero-order chi connectivity index (χ0) is 15.0. The summed E-state index contributed by atoms with van der Waals surface area (Å²) >= 11 is 0. The van der Waals surface area contributed by atoms with Crippen LogP contribution in [-0.4, -0.2) is 33.4 Å². The summed E-state index contributed by atoms with van der Waals surface area (Å²) < 4.78 is 7.52. The zero-order valence-corrected chi connectivity index (χ0v) is 13.3. The number of ether oxygens (including phenoxy) is 1. The lowest BCUT2D eigenvalue weighted by atomic mass is 9.89. The summed E-state index contributed by atoms with van der Waals surface area (Å²) in [6.45, 7) is 9.36. The molecule has 114 valence electrons. The molecule has 3 rings (SSSR count). The summed E-state index contributed by atoms with van der Waals surface area (Å²) in [5, 5.41) is 8.17. The van der Waals surface area contributed by atoms with Crippen molar-refractivity contribution in [1.82, 2.24) is 14.6 Å². The number of hydrogen-bond donors (Lipinski definition) is 1. The van der Waals surface area contributed by atoms with Crippen molar-refractivity contribution in [2.75, 3.05) is 11.9 Å². The molecular weight excluding hydrogens is 264 g/mol. The minimum atomic E-state index is 0.0415. The molecule has 0 aromatic carbocycles. The maximum atomic E-state index is 5.60. The van der Waals surface area contributed by atoms with Crippen LogP contribution in [0.2, 0.25) is 0 Å². The molecular formula is C16H24N4O. The fourth-order valence-electron chi connectivity index (χ4n) is 2.65. The molecule has 0 radical (unpaired) electrons. The van der Waals surface area contributed by atoms with E-state index in [0.717, 1.165) is 36.5 Å². The Morgan fingerprint density at radius 2 is 2.14 bits per heavy atom. The highest BCUT2D eigenvalue weighted by atomic mass is 16.5. The van der Waals surface area contributed by atoms with Crippen LogP contribution in [0.1, 0.15) is 46.2 Å². The van der Waals surface area contributed by atoms with E-state index < -0.39 is 0 Å². The van der Waals surface area contributed by atoms with Crippen molar-refractivity contribution in [1.29, 1.82) is 0 Å². The average molecular weight is 288 g/mol. The third-order valence-corrected chi connectivity index (χ3v) is 4.00. The smallest absolute Gasteiger partial charge is 0.152 e. The van der Waals surface area contributed by atoms with Gasteiger partial charge in [-0.15, -0.1) is 0 Å². The standard InChI is InChI=1S/C16H24N4O/c1-5-21-12-8-11(9-12)18-15-13-10-14(16(2,3)4)19-20(13)7-6-17-15/h6-7,10-12H,5,8-9H2,1-4H3,(H,17,18). The molecule has 0 bridgehead atoms. The third kappa shape index (κ3) is 2.88. The van der Waals surface area contributed by atoms with Gasteiger partial charge in [0.2, 0.25) is 0 Å². The Morgan fingerprint density at radius 1 is 1.38 bits per heavy atom. The number of fused-ring (bicyclic) bond motifs is 1. The summed E-state index contributed by atoms with van der Waals surface area (Å²) in [4.78, 5) is 4.48. The Kier molecular flexibility index (Phi) is 3.61. The van der Waals surface area contributed by atoms with Crippen molar-refractivity contribution in [2.45, 2.75) is 58.1 Å². The highest BCUT2D eigenvalue weighted by molar-refractivity contribution is 5.68. The zero-order valence-electron chi connectivity index (χ0n) is 13.3. The van der Waals surface area contributed by atoms with E-state index >= 15 is 0 Å². The summed E-state index contributed by atoms with van der Waals surface area (Å²) in [5.74, 6) is 0.917. The Labute approximate surface area is 125 Å². The molecule has 1 fully saturated rings. The van der Waals surface area contributed by atoms with Gasteiger partial charge in [-0.1, -0.05) is 20.8 Å². The molecule has 0 atom stereocenters. The van der Waals surface area contributed by atoms with Crippen LogP contribution in [0.25, 0.3) is 5.52 Å². The molecule has 0 spiro atoms. The molecule has 0 aliphatic heterocycles. The second-order valence-corrected chi connectivity index (χ2v) is 6.78. The molecule has 1 saturated carbocycles. The fourth-order valence-corrected chi connectivity index (χ4v) is 2.65. The number of anilines is 1. The molecule has 1 N–H and O–H groups in total. The number of rotatable bonds is 4. The van der Waals surface area contributed by atoms with E-state index in [1.807, 2.05) is 17.6 Å². The largest absolute Gasteiger partial charge is 0.378 e. The normalized spacial score (nSPS) is 22.3. The van der Waals surface area contributed by atoms with Crippen molar-refractivity contribution >= 4 is 11.3 Å². The fraction of sp³-hybridized carbons (Fsp3) is 0.625. The highest BCUT2D eigenvalue weighted by Gasteiger charge is 2.30. The van der Waals surface area contributed by atoms with Gasteiger partial charge in [-0.3, -0.25) is 0 Å². The number of nitrogens with zero attached hydrogens (tertiary/aromatic N) is 3. The Morgan fingerprint density at radius 3 is 2.81 bits per heavy atom. The van der Waals surface area contributed by atoms with Gasteiger partial charge in [0.25, 0.3) is 0 Å². The van der Waals surface area contributed by atoms with Crippen LogP contribution < -0.4 is 5.32 Å². The number of hydrogen-bond acceptors (Lipinski definition) is 4. The van der Waals surface area contributed by atoms with Gasteiger partial charge in [-0.2, -0.15) is 5.10 Å². The molecule has 2 aromatic rings. The van der Waals surface area contributed by atoms with E-state index in [-0.39, 0.29) is 5.41 Å². The monoisotopic (exact) mass is 288 g/mol. The first kappa shape index (κ1) is 14.3. The second-order valence-electron chi connectivity index (χ2n) is 6.78. The number of aromatic nitrogens is 3. The van der Waals surface area contributed by atoms with Gasteiger partial charge in [-0.25, -0.2) is 9.50 Å². The summed E-state index contributed by atoms with van der Waals surface area (Å²) in [7, 11) is 0. The van der Waals surface area contributed by atoms with Gasteiger partial charge < -0.3 is 10.1 Å². The molecule has 0 unspecified atom stereocenters. The van der Waals surface area contributed by atoms with Gasteiger partial charge in [0.05, 0.1) is 11.8 Å². The van der Waals surface area contributed by atoms with Gasteiger partial charge in [-0.05, 0) is 25.8 Å². The van der Waals surface area contributed by atoms with Gasteiger partial charge in [0.1, 0.15) is 5.52 Å². The van der Waals surface area contributed by atoms with E-state index in [0.29, 0.717) is 12.1 Å². The highest BCUT2D eigenvalue weighted by Crippen LogP contribution is 2.29. The molecule has 2 aromatic heterocycles. The Hall–Kier alpha value is -1.62. The second kappa shape index (κ2) is 5.30. The predicted octanol–water partition coefficient (Wildman–Crippen LogP) is 3.01. The van der Waals surface area contributed by atoms with Crippen molar-refractivity contribution in [3.05, 3.63) is 24.2 Å². The maximum absolute atomic E-state index is 5.60. The van der Waals surface area contributed by atoms with Crippen LogP contribution >= 0.6 is 0 Å². The molecule has 1 aliphatic carbocycles. The van der Waals surface area contributed by atoms with Gasteiger partial charge in [0.15, 0.2) is 5.82 Å². The van der Waals surface area contributed by atoms with Crippen LogP contribution in [0.5, 0.6) is 0 Å². The first-order valence-electron chi connectivity index (χ1n) is 7.70. The van der Waals surface area contributed by atoms with Gasteiger partial charge in [0, 0.05) is 30.5 Å². The van der Waals surface area contributed by atoms with Crippen molar-refractivity contribution in [2.24, 2.45) is 0 Å². The molecule has 21 heavy (non-hydrogen) atoms. The van der Waals surface area contributed by atoms with Crippen LogP contribution in [0.4, 0.5) is 5.82 Å². The molecule has 1 aliphatic rings. The molecule has 0 saturated heterocycles. The summed E-state index contributed by atoms with van der Waals surface area (Å²) in [6, 6.07) is 2.59. The molecule has 5 nitrogen and oxygen atoms in total. The SMILES string of the molecule is CCOC1CC(Nc2nccn3nc(C(C)(C)C)cc23)C1. The quantitative estimate of drug-likeness (QED) is 0.939. The minimum Gasteiger partial charge on any atom is -0.378 e. The first-order chi connectivity index (χ1) is 9.97. The topological polar surface area (TPSA) is 51.5 Å². The summed E-state index contributed by atoms with van der Waals surface area (Å²) in [5.41, 5.74) is 2.17. The van der Waals surface area contributed by atoms with E-state index in [4.69, 9.17) is 4.74 Å². The van der Waals surface area contributed by atoms with Crippen molar-refractivity contribution in [3.63, 3.8) is 0 Å². The van der Waals surface area contributed by atoms with Crippen LogP contribution in [0.15, 0.2) is 18.5 Å². The van der Waals surface area contributed by atoms with Crippen molar-refractivity contribution < 1.29 is 4.74 Å². The first-order valence-corrected chi connectivity index (χ1v) is 7.70. The van der Waals surface area contributed by atoms with Gasteiger partial charge >= 0.3 is 0 Å². The minimum absolute atomic E-state index is 0.0415. The molecule has 5 heteroatoms. The lowest BCUT2D eigenvalue weighted by molar-refractivity contribution is 0.00294. The van der Waals surface area contributed by atoms with Crippen LogP contribution in [0.3, 0.4) is 0 Å². The van der Waals surface area contributed by atoms with E-state index in [1.54, 1.807) is 6.20 Å². The Bertz CT molecular complexity index is 623. The maximum Gasteiger partial charge on any atom is 0.152 e. The lowest BCUT2D eigenvalue weighted by Crippen LogP contribution is -2.41. The number of nitrogens with one attached hydrogen (secondary N) is 1. The van der Waals surface area contributed by atoms with E-state index in [2.05, 4.69) is 42.2 Å². The Balaban J connectivity index is 1.78. The lowest BCUT2D eigenvalue weighted by Gasteiger charge is -2.35. The van der Waals surface area contributed by atoms with E-state index in [1.165, 1.54) is 0 Å². The predicted molar refractivity (Wildman–Crippen MR) is 83.7 cm³/mol. The third-order valence-electron chi connectivity index (χ3n) is 4.00. The van der Waals surface area contributed by atoms with Crippen LogP contribution in [-0.2, 0) is 10.2 Å². The van der Waals surface area contributed by atoms with Crippen molar-refractivity contribution in [3.8, 4) is 0 Å². The molecule has 2 heterocycles.